The van der Waals surface area contributed by atoms with Crippen LogP contribution in [0.25, 0.3) is 5.65 Å². The van der Waals surface area contributed by atoms with Gasteiger partial charge in [0, 0.05) is 43.2 Å². The second kappa shape index (κ2) is 8.14. The summed E-state index contributed by atoms with van der Waals surface area (Å²) in [6.45, 7) is -0.0125. The van der Waals surface area contributed by atoms with Gasteiger partial charge in [-0.3, -0.25) is 14.0 Å². The molecule has 3 aromatic heterocycles. The number of primary amides is 1. The summed E-state index contributed by atoms with van der Waals surface area (Å²) >= 11 is 0. The van der Waals surface area contributed by atoms with Gasteiger partial charge in [-0.05, 0) is 49.3 Å². The standard InChI is InChI=1S/C25H26F2N6O3/c26-25(27)4-7-32(14-25)16-3-6-33-19(13-30-20(33)8-16)22(35)31-15-9-24(10-15)11-17(12-24)36-23-18(21(28)34)2-1-5-29-23/h1-3,5-6,8,13,15,17H,4,7,9-12,14H2,(H2,28,34)(H,31,35). The van der Waals surface area contributed by atoms with Crippen molar-refractivity contribution in [1.29, 1.82) is 0 Å². The van der Waals surface area contributed by atoms with E-state index in [-0.39, 0.29) is 47.9 Å². The Morgan fingerprint density at radius 2 is 1.97 bits per heavy atom. The Labute approximate surface area is 205 Å². The average Bonchev–Trinajstić information content (AvgIpc) is 3.38. The molecule has 11 heteroatoms. The molecule has 188 valence electrons. The Balaban J connectivity index is 1.03. The summed E-state index contributed by atoms with van der Waals surface area (Å²) in [6.07, 6.45) is 7.98. The van der Waals surface area contributed by atoms with Gasteiger partial charge in [0.2, 0.25) is 5.88 Å². The van der Waals surface area contributed by atoms with Crippen molar-refractivity contribution < 1.29 is 23.1 Å². The van der Waals surface area contributed by atoms with E-state index in [1.807, 2.05) is 0 Å². The quantitative estimate of drug-likeness (QED) is 0.542. The van der Waals surface area contributed by atoms with Gasteiger partial charge in [-0.2, -0.15) is 0 Å². The van der Waals surface area contributed by atoms with Crippen LogP contribution in [-0.4, -0.2) is 57.3 Å². The van der Waals surface area contributed by atoms with Crippen LogP contribution in [0.1, 0.15) is 53.0 Å². The van der Waals surface area contributed by atoms with E-state index < -0.39 is 11.8 Å². The molecule has 3 N–H and O–H groups in total. The highest BCUT2D eigenvalue weighted by atomic mass is 19.3. The van der Waals surface area contributed by atoms with Gasteiger partial charge in [0.25, 0.3) is 17.7 Å². The van der Waals surface area contributed by atoms with Crippen molar-refractivity contribution in [2.24, 2.45) is 11.1 Å². The number of halogens is 2. The van der Waals surface area contributed by atoms with Crippen LogP contribution in [0.4, 0.5) is 14.5 Å². The van der Waals surface area contributed by atoms with Crippen molar-refractivity contribution in [2.75, 3.05) is 18.0 Å². The zero-order valence-electron chi connectivity index (χ0n) is 19.5. The minimum absolute atomic E-state index is 0.0295. The minimum Gasteiger partial charge on any atom is -0.474 e. The number of hydrogen-bond donors (Lipinski definition) is 2. The molecule has 1 saturated heterocycles. The number of imidazole rings is 1. The molecule has 3 fully saturated rings. The van der Waals surface area contributed by atoms with Crippen molar-refractivity contribution >= 4 is 23.1 Å². The van der Waals surface area contributed by atoms with Gasteiger partial charge >= 0.3 is 0 Å². The van der Waals surface area contributed by atoms with E-state index in [0.29, 0.717) is 23.6 Å². The number of fused-ring (bicyclic) bond motifs is 1. The number of pyridine rings is 2. The van der Waals surface area contributed by atoms with Crippen molar-refractivity contribution in [1.82, 2.24) is 19.7 Å². The average molecular weight is 497 g/mol. The summed E-state index contributed by atoms with van der Waals surface area (Å²) in [4.78, 5) is 34.6. The van der Waals surface area contributed by atoms with Crippen LogP contribution in [0.2, 0.25) is 0 Å². The maximum atomic E-state index is 13.6. The summed E-state index contributed by atoms with van der Waals surface area (Å²) in [6, 6.07) is 6.78. The number of rotatable bonds is 6. The van der Waals surface area contributed by atoms with Gasteiger partial charge in [-0.1, -0.05) is 0 Å². The van der Waals surface area contributed by atoms with Crippen LogP contribution < -0.4 is 20.7 Å². The van der Waals surface area contributed by atoms with E-state index in [0.717, 1.165) is 25.7 Å². The van der Waals surface area contributed by atoms with E-state index in [1.165, 1.54) is 6.20 Å². The number of ether oxygens (including phenoxy) is 1. The summed E-state index contributed by atoms with van der Waals surface area (Å²) in [5.41, 5.74) is 7.43. The first-order chi connectivity index (χ1) is 17.2. The predicted octanol–water partition coefficient (Wildman–Crippen LogP) is 2.79. The number of amides is 2. The molecule has 2 saturated carbocycles. The highest BCUT2D eigenvalue weighted by Gasteiger charge is 2.54. The van der Waals surface area contributed by atoms with Gasteiger partial charge in [0.05, 0.1) is 12.7 Å². The van der Waals surface area contributed by atoms with Crippen molar-refractivity contribution in [3.05, 3.63) is 54.1 Å². The molecule has 1 spiro atoms. The molecule has 0 radical (unpaired) electrons. The largest absolute Gasteiger partial charge is 0.474 e. The first-order valence-electron chi connectivity index (χ1n) is 12.0. The Bertz CT molecular complexity index is 1340. The molecule has 1 aliphatic heterocycles. The number of nitrogens with zero attached hydrogens (tertiary/aromatic N) is 4. The Morgan fingerprint density at radius 1 is 1.17 bits per heavy atom. The minimum atomic E-state index is -2.68. The van der Waals surface area contributed by atoms with E-state index in [9.17, 15) is 18.4 Å². The summed E-state index contributed by atoms with van der Waals surface area (Å²) in [7, 11) is 0. The van der Waals surface area contributed by atoms with Crippen molar-refractivity contribution in [2.45, 2.75) is 50.2 Å². The molecule has 9 nitrogen and oxygen atoms in total. The zero-order valence-corrected chi connectivity index (χ0v) is 19.5. The molecule has 2 aliphatic carbocycles. The number of carbonyl (C=O) groups excluding carboxylic acids is 2. The summed E-state index contributed by atoms with van der Waals surface area (Å²) < 4.78 is 34.7. The van der Waals surface area contributed by atoms with Crippen molar-refractivity contribution in [3.63, 3.8) is 0 Å². The van der Waals surface area contributed by atoms with Crippen LogP contribution in [0, 0.1) is 5.41 Å². The lowest BCUT2D eigenvalue weighted by Crippen LogP contribution is -2.58. The zero-order chi connectivity index (χ0) is 25.1. The van der Waals surface area contributed by atoms with Gasteiger partial charge in [-0.15, -0.1) is 0 Å². The van der Waals surface area contributed by atoms with Gasteiger partial charge in [-0.25, -0.2) is 18.7 Å². The third-order valence-corrected chi connectivity index (χ3v) is 7.59. The Hall–Kier alpha value is -3.76. The molecule has 0 unspecified atom stereocenters. The monoisotopic (exact) mass is 496 g/mol. The fourth-order valence-corrected chi connectivity index (χ4v) is 5.79. The first-order valence-corrected chi connectivity index (χ1v) is 12.0. The van der Waals surface area contributed by atoms with E-state index in [2.05, 4.69) is 15.3 Å². The molecule has 4 heterocycles. The topological polar surface area (TPSA) is 115 Å². The van der Waals surface area contributed by atoms with E-state index in [4.69, 9.17) is 10.5 Å². The predicted molar refractivity (Wildman–Crippen MR) is 126 cm³/mol. The van der Waals surface area contributed by atoms with Gasteiger partial charge in [0.1, 0.15) is 23.0 Å². The number of hydrogen-bond acceptors (Lipinski definition) is 6. The third kappa shape index (κ3) is 4.02. The lowest BCUT2D eigenvalue weighted by molar-refractivity contribution is -0.0848. The van der Waals surface area contributed by atoms with Crippen LogP contribution in [0.5, 0.6) is 5.88 Å². The number of nitrogens with two attached hydrogens (primary N) is 1. The van der Waals surface area contributed by atoms with E-state index in [1.54, 1.807) is 46.0 Å². The second-order valence-electron chi connectivity index (χ2n) is 10.2. The number of aromatic nitrogens is 3. The highest BCUT2D eigenvalue weighted by Crippen LogP contribution is 2.56. The van der Waals surface area contributed by atoms with Crippen LogP contribution >= 0.6 is 0 Å². The molecule has 3 aromatic rings. The maximum Gasteiger partial charge on any atom is 0.270 e. The molecule has 0 bridgehead atoms. The Kier molecular flexibility index (Phi) is 5.13. The smallest absolute Gasteiger partial charge is 0.270 e. The lowest BCUT2D eigenvalue weighted by atomic mass is 9.53. The SMILES string of the molecule is NC(=O)c1cccnc1OC1CC2(CC(NC(=O)c3cnc4cc(N5CCC(F)(F)C5)ccn34)C2)C1. The molecule has 0 aromatic carbocycles. The summed E-state index contributed by atoms with van der Waals surface area (Å²) in [5, 5.41) is 3.08. The van der Waals surface area contributed by atoms with Crippen LogP contribution in [0.15, 0.2) is 42.9 Å². The number of carbonyl (C=O) groups is 2. The fraction of sp³-hybridized carbons (Fsp3) is 0.440. The highest BCUT2D eigenvalue weighted by molar-refractivity contribution is 5.95. The molecule has 3 aliphatic rings. The first kappa shape index (κ1) is 22.7. The summed E-state index contributed by atoms with van der Waals surface area (Å²) in [5.74, 6) is -3.19. The normalized spacial score (nSPS) is 26.4. The lowest BCUT2D eigenvalue weighted by Gasteiger charge is -2.57. The maximum absolute atomic E-state index is 13.6. The molecule has 36 heavy (non-hydrogen) atoms. The van der Waals surface area contributed by atoms with Crippen molar-refractivity contribution in [3.8, 4) is 5.88 Å². The number of alkyl halides is 2. The van der Waals surface area contributed by atoms with Crippen LogP contribution in [-0.2, 0) is 0 Å². The Morgan fingerprint density at radius 3 is 2.69 bits per heavy atom. The molecule has 2 amide bonds. The molecular formula is C25H26F2N6O3. The number of anilines is 1. The molecule has 0 atom stereocenters. The van der Waals surface area contributed by atoms with Gasteiger partial charge in [0.15, 0.2) is 0 Å². The number of nitrogens with one attached hydrogen (secondary N) is 1. The third-order valence-electron chi connectivity index (χ3n) is 7.59. The second-order valence-corrected chi connectivity index (χ2v) is 10.2. The molecular weight excluding hydrogens is 470 g/mol. The van der Waals surface area contributed by atoms with Crippen LogP contribution in [0.3, 0.4) is 0 Å². The fourth-order valence-electron chi connectivity index (χ4n) is 5.79. The van der Waals surface area contributed by atoms with Gasteiger partial charge < -0.3 is 20.7 Å². The van der Waals surface area contributed by atoms with E-state index >= 15 is 0 Å². The molecule has 6 rings (SSSR count).